The number of thiazole rings is 1. The maximum absolute atomic E-state index is 12.0. The molecule has 0 radical (unpaired) electrons. The second-order valence-corrected chi connectivity index (χ2v) is 6.12. The molecule has 1 aromatic carbocycles. The molecule has 96 valence electrons. The van der Waals surface area contributed by atoms with Crippen molar-refractivity contribution in [3.05, 3.63) is 40.8 Å². The highest BCUT2D eigenvalue weighted by Gasteiger charge is 2.15. The minimum Gasteiger partial charge on any atom is -0.398 e. The number of anilines is 1. The van der Waals surface area contributed by atoms with Crippen LogP contribution in [0.4, 0.5) is 5.69 Å². The van der Waals surface area contributed by atoms with Crippen molar-refractivity contribution >= 4 is 27.0 Å². The third-order valence-corrected chi connectivity index (χ3v) is 4.54. The van der Waals surface area contributed by atoms with Crippen LogP contribution >= 0.6 is 11.3 Å². The van der Waals surface area contributed by atoms with Gasteiger partial charge in [-0.1, -0.05) is 12.1 Å². The molecule has 0 bridgehead atoms. The zero-order valence-corrected chi connectivity index (χ0v) is 11.2. The molecule has 0 aliphatic heterocycles. The lowest BCUT2D eigenvalue weighted by Crippen LogP contribution is -2.26. The molecule has 0 unspecified atom stereocenters. The Hall–Kier alpha value is -1.44. The van der Waals surface area contributed by atoms with Crippen molar-refractivity contribution in [2.75, 3.05) is 12.3 Å². The van der Waals surface area contributed by atoms with Crippen molar-refractivity contribution in [1.29, 1.82) is 0 Å². The molecule has 0 saturated carbocycles. The number of nitrogen functional groups attached to an aromatic ring is 1. The molecule has 2 aromatic rings. The van der Waals surface area contributed by atoms with E-state index in [-0.39, 0.29) is 10.6 Å². The standard InChI is InChI=1S/C11H13N3O2S2/c12-10-3-1-2-4-11(10)18(15,16)14-6-5-9-7-17-8-13-9/h1-4,7-8,14H,5-6,12H2. The van der Waals surface area contributed by atoms with Crippen molar-refractivity contribution < 1.29 is 8.42 Å². The van der Waals surface area contributed by atoms with Crippen LogP contribution in [0.25, 0.3) is 0 Å². The predicted molar refractivity (Wildman–Crippen MR) is 71.9 cm³/mol. The van der Waals surface area contributed by atoms with Gasteiger partial charge in [0.05, 0.1) is 16.9 Å². The van der Waals surface area contributed by atoms with E-state index in [1.807, 2.05) is 5.38 Å². The molecule has 0 spiro atoms. The maximum atomic E-state index is 12.0. The Balaban J connectivity index is 2.02. The average Bonchev–Trinajstić information content (AvgIpc) is 2.82. The first kappa shape index (κ1) is 13.0. The van der Waals surface area contributed by atoms with Crippen LogP contribution in [0.1, 0.15) is 5.69 Å². The highest BCUT2D eigenvalue weighted by atomic mass is 32.2. The van der Waals surface area contributed by atoms with Gasteiger partial charge < -0.3 is 5.73 Å². The van der Waals surface area contributed by atoms with Gasteiger partial charge in [0, 0.05) is 18.3 Å². The smallest absolute Gasteiger partial charge is 0.242 e. The number of hydrogen-bond acceptors (Lipinski definition) is 5. The molecule has 1 heterocycles. The fraction of sp³-hybridized carbons (Fsp3) is 0.182. The van der Waals surface area contributed by atoms with E-state index < -0.39 is 10.0 Å². The summed E-state index contributed by atoms with van der Waals surface area (Å²) in [4.78, 5) is 4.20. The first-order chi connectivity index (χ1) is 8.59. The number of sulfonamides is 1. The number of nitrogens with two attached hydrogens (primary N) is 1. The summed E-state index contributed by atoms with van der Waals surface area (Å²) in [7, 11) is -3.54. The van der Waals surface area contributed by atoms with E-state index in [2.05, 4.69) is 9.71 Å². The second-order valence-electron chi connectivity index (χ2n) is 3.67. The van der Waals surface area contributed by atoms with Gasteiger partial charge in [-0.2, -0.15) is 0 Å². The molecule has 5 nitrogen and oxygen atoms in total. The van der Waals surface area contributed by atoms with Crippen molar-refractivity contribution in [2.24, 2.45) is 0 Å². The molecule has 2 rings (SSSR count). The van der Waals surface area contributed by atoms with Gasteiger partial charge in [-0.05, 0) is 12.1 Å². The lowest BCUT2D eigenvalue weighted by molar-refractivity contribution is 0.582. The summed E-state index contributed by atoms with van der Waals surface area (Å²) >= 11 is 1.49. The van der Waals surface area contributed by atoms with Crippen molar-refractivity contribution in [1.82, 2.24) is 9.71 Å². The normalized spacial score (nSPS) is 11.6. The first-order valence-electron chi connectivity index (χ1n) is 5.31. The Morgan fingerprint density at radius 3 is 2.78 bits per heavy atom. The fourth-order valence-electron chi connectivity index (χ4n) is 1.48. The van der Waals surface area contributed by atoms with Crippen LogP contribution in [0, 0.1) is 0 Å². The summed E-state index contributed by atoms with van der Waals surface area (Å²) in [5, 5.41) is 1.89. The molecule has 1 aromatic heterocycles. The summed E-state index contributed by atoms with van der Waals surface area (Å²) < 4.78 is 26.5. The zero-order chi connectivity index (χ0) is 13.0. The fourth-order valence-corrected chi connectivity index (χ4v) is 3.23. The van der Waals surface area contributed by atoms with E-state index in [4.69, 9.17) is 5.73 Å². The molecule has 0 aliphatic rings. The van der Waals surface area contributed by atoms with Gasteiger partial charge in [-0.3, -0.25) is 0 Å². The van der Waals surface area contributed by atoms with Gasteiger partial charge in [-0.15, -0.1) is 11.3 Å². The van der Waals surface area contributed by atoms with Crippen LogP contribution in [0.3, 0.4) is 0 Å². The number of nitrogens with zero attached hydrogens (tertiary/aromatic N) is 1. The Kier molecular flexibility index (Phi) is 3.95. The summed E-state index contributed by atoms with van der Waals surface area (Å²) in [6.07, 6.45) is 0.565. The number of aromatic nitrogens is 1. The number of nitrogens with one attached hydrogen (secondary N) is 1. The Morgan fingerprint density at radius 2 is 2.11 bits per heavy atom. The second kappa shape index (κ2) is 5.47. The lowest BCUT2D eigenvalue weighted by atomic mass is 10.3. The van der Waals surface area contributed by atoms with Crippen LogP contribution in [-0.4, -0.2) is 19.9 Å². The minimum absolute atomic E-state index is 0.114. The third-order valence-electron chi connectivity index (χ3n) is 2.37. The Labute approximate surface area is 110 Å². The lowest BCUT2D eigenvalue weighted by Gasteiger charge is -2.08. The largest absolute Gasteiger partial charge is 0.398 e. The molecular formula is C11H13N3O2S2. The zero-order valence-electron chi connectivity index (χ0n) is 9.54. The topological polar surface area (TPSA) is 85.1 Å². The molecule has 0 aliphatic carbocycles. The van der Waals surface area contributed by atoms with E-state index in [0.29, 0.717) is 13.0 Å². The number of benzene rings is 1. The van der Waals surface area contributed by atoms with Gasteiger partial charge in [0.1, 0.15) is 4.90 Å². The molecule has 0 atom stereocenters. The van der Waals surface area contributed by atoms with Gasteiger partial charge in [0.15, 0.2) is 0 Å². The molecule has 0 amide bonds. The SMILES string of the molecule is Nc1ccccc1S(=O)(=O)NCCc1cscn1. The summed E-state index contributed by atoms with van der Waals surface area (Å²) in [6.45, 7) is 0.306. The highest BCUT2D eigenvalue weighted by molar-refractivity contribution is 7.89. The first-order valence-corrected chi connectivity index (χ1v) is 7.73. The number of para-hydroxylation sites is 1. The van der Waals surface area contributed by atoms with Gasteiger partial charge >= 0.3 is 0 Å². The summed E-state index contributed by atoms with van der Waals surface area (Å²) in [5.41, 5.74) is 8.49. The third kappa shape index (κ3) is 3.06. The van der Waals surface area contributed by atoms with Gasteiger partial charge in [-0.25, -0.2) is 18.1 Å². The van der Waals surface area contributed by atoms with Crippen LogP contribution in [-0.2, 0) is 16.4 Å². The van der Waals surface area contributed by atoms with Crippen LogP contribution in [0.2, 0.25) is 0 Å². The highest BCUT2D eigenvalue weighted by Crippen LogP contribution is 2.16. The van der Waals surface area contributed by atoms with Crippen LogP contribution in [0.15, 0.2) is 40.1 Å². The van der Waals surface area contributed by atoms with Crippen molar-refractivity contribution in [3.8, 4) is 0 Å². The summed E-state index contributed by atoms with van der Waals surface area (Å²) in [5.74, 6) is 0. The summed E-state index contributed by atoms with van der Waals surface area (Å²) in [6, 6.07) is 6.39. The van der Waals surface area contributed by atoms with Crippen molar-refractivity contribution in [2.45, 2.75) is 11.3 Å². The van der Waals surface area contributed by atoms with Crippen molar-refractivity contribution in [3.63, 3.8) is 0 Å². The molecule has 0 saturated heterocycles. The van der Waals surface area contributed by atoms with Crippen LogP contribution in [0.5, 0.6) is 0 Å². The Bertz CT molecular complexity index is 609. The molecular weight excluding hydrogens is 270 g/mol. The molecule has 18 heavy (non-hydrogen) atoms. The van der Waals surface area contributed by atoms with E-state index in [9.17, 15) is 8.42 Å². The number of hydrogen-bond donors (Lipinski definition) is 2. The Morgan fingerprint density at radius 1 is 1.33 bits per heavy atom. The van der Waals surface area contributed by atoms with E-state index >= 15 is 0 Å². The molecule has 0 fully saturated rings. The molecule has 3 N–H and O–H groups in total. The quantitative estimate of drug-likeness (QED) is 0.809. The average molecular weight is 283 g/mol. The van der Waals surface area contributed by atoms with Gasteiger partial charge in [0.2, 0.25) is 10.0 Å². The van der Waals surface area contributed by atoms with E-state index in [1.165, 1.54) is 17.4 Å². The van der Waals surface area contributed by atoms with E-state index in [1.54, 1.807) is 23.7 Å². The van der Waals surface area contributed by atoms with Gasteiger partial charge in [0.25, 0.3) is 0 Å². The minimum atomic E-state index is -3.54. The van der Waals surface area contributed by atoms with Crippen LogP contribution < -0.4 is 10.5 Å². The molecule has 7 heteroatoms. The maximum Gasteiger partial charge on any atom is 0.242 e. The number of rotatable bonds is 5. The van der Waals surface area contributed by atoms with E-state index in [0.717, 1.165) is 5.69 Å². The predicted octanol–water partition coefficient (Wildman–Crippen LogP) is 1.25. The monoisotopic (exact) mass is 283 g/mol.